The van der Waals surface area contributed by atoms with Crippen LogP contribution in [0.25, 0.3) is 0 Å². The fourth-order valence-electron chi connectivity index (χ4n) is 2.52. The molecule has 108 valence electrons. The third-order valence-electron chi connectivity index (χ3n) is 3.45. The third-order valence-corrected chi connectivity index (χ3v) is 4.27. The Labute approximate surface area is 130 Å². The van der Waals surface area contributed by atoms with Gasteiger partial charge in [0.25, 0.3) is 0 Å². The first-order chi connectivity index (χ1) is 9.49. The largest absolute Gasteiger partial charge is 0.481 e. The number of rotatable bonds is 4. The van der Waals surface area contributed by atoms with Gasteiger partial charge in [0.15, 0.2) is 0 Å². The number of carboxylic acids is 1. The van der Waals surface area contributed by atoms with E-state index in [1.807, 2.05) is 18.2 Å². The van der Waals surface area contributed by atoms with E-state index in [2.05, 4.69) is 15.9 Å². The number of halogens is 2. The highest BCUT2D eigenvalue weighted by molar-refractivity contribution is 9.10. The maximum atomic E-state index is 12.1. The maximum Gasteiger partial charge on any atom is 0.303 e. The van der Waals surface area contributed by atoms with E-state index < -0.39 is 5.97 Å². The summed E-state index contributed by atoms with van der Waals surface area (Å²) in [6.45, 7) is 0.662. The molecule has 1 aliphatic rings. The minimum Gasteiger partial charge on any atom is -0.481 e. The summed E-state index contributed by atoms with van der Waals surface area (Å²) in [6.07, 6.45) is 1.69. The van der Waals surface area contributed by atoms with E-state index >= 15 is 0 Å². The van der Waals surface area contributed by atoms with E-state index in [1.54, 1.807) is 4.90 Å². The van der Waals surface area contributed by atoms with Crippen LogP contribution >= 0.6 is 27.5 Å². The summed E-state index contributed by atoms with van der Waals surface area (Å²) < 4.78 is 0.896. The van der Waals surface area contributed by atoms with Crippen molar-refractivity contribution in [1.29, 1.82) is 0 Å². The third kappa shape index (κ3) is 3.52. The Bertz CT molecular complexity index is 535. The zero-order valence-corrected chi connectivity index (χ0v) is 13.2. The molecular formula is C14H15BrClNO3. The average molecular weight is 361 g/mol. The van der Waals surface area contributed by atoms with Crippen LogP contribution < -0.4 is 0 Å². The van der Waals surface area contributed by atoms with Gasteiger partial charge in [0.05, 0.1) is 12.5 Å². The van der Waals surface area contributed by atoms with Gasteiger partial charge in [0.2, 0.25) is 5.91 Å². The van der Waals surface area contributed by atoms with Gasteiger partial charge in [0.1, 0.15) is 0 Å². The number of hydrogen-bond acceptors (Lipinski definition) is 2. The molecule has 4 nitrogen and oxygen atoms in total. The van der Waals surface area contributed by atoms with E-state index in [-0.39, 0.29) is 24.8 Å². The first-order valence-electron chi connectivity index (χ1n) is 6.45. The fourth-order valence-corrected chi connectivity index (χ4v) is 3.32. The summed E-state index contributed by atoms with van der Waals surface area (Å²) in [5.41, 5.74) is 0.927. The molecule has 20 heavy (non-hydrogen) atoms. The van der Waals surface area contributed by atoms with Gasteiger partial charge in [-0.05, 0) is 30.5 Å². The van der Waals surface area contributed by atoms with Crippen molar-refractivity contribution in [3.8, 4) is 0 Å². The summed E-state index contributed by atoms with van der Waals surface area (Å²) in [5.74, 6) is -1.07. The Hall–Kier alpha value is -1.07. The smallest absolute Gasteiger partial charge is 0.303 e. The van der Waals surface area contributed by atoms with E-state index in [4.69, 9.17) is 16.7 Å². The van der Waals surface area contributed by atoms with Crippen LogP contribution in [-0.4, -0.2) is 28.4 Å². The van der Waals surface area contributed by atoms with Crippen molar-refractivity contribution in [2.45, 2.75) is 31.7 Å². The molecule has 6 heteroatoms. The molecule has 2 rings (SSSR count). The average Bonchev–Trinajstić information content (AvgIpc) is 2.85. The predicted octanol–water partition coefficient (Wildman–Crippen LogP) is 3.63. The maximum absolute atomic E-state index is 12.1. The summed E-state index contributed by atoms with van der Waals surface area (Å²) in [6, 6.07) is 5.59. The van der Waals surface area contributed by atoms with E-state index in [1.165, 1.54) is 0 Å². The minimum absolute atomic E-state index is 0.0416. The lowest BCUT2D eigenvalue weighted by molar-refractivity contribution is -0.141. The SMILES string of the molecule is O=C(O)CCC(=O)N1CCCC1c1ccc(Br)cc1Cl. The molecule has 1 amide bonds. The van der Waals surface area contributed by atoms with Crippen LogP contribution in [0.4, 0.5) is 0 Å². The zero-order chi connectivity index (χ0) is 14.7. The van der Waals surface area contributed by atoms with Gasteiger partial charge >= 0.3 is 5.97 Å². The van der Waals surface area contributed by atoms with Crippen molar-refractivity contribution in [2.75, 3.05) is 6.54 Å². The van der Waals surface area contributed by atoms with Crippen LogP contribution in [-0.2, 0) is 9.59 Å². The number of aliphatic carboxylic acids is 1. The number of amides is 1. The standard InChI is InChI=1S/C14H15BrClNO3/c15-9-3-4-10(11(16)8-9)12-2-1-7-17(12)13(18)5-6-14(19)20/h3-4,8,12H,1-2,5-7H2,(H,19,20). The Balaban J connectivity index is 2.14. The highest BCUT2D eigenvalue weighted by Crippen LogP contribution is 2.37. The van der Waals surface area contributed by atoms with Crippen LogP contribution in [0.5, 0.6) is 0 Å². The zero-order valence-electron chi connectivity index (χ0n) is 10.8. The number of hydrogen-bond donors (Lipinski definition) is 1. The van der Waals surface area contributed by atoms with Crippen molar-refractivity contribution in [1.82, 2.24) is 4.90 Å². The first-order valence-corrected chi connectivity index (χ1v) is 7.62. The van der Waals surface area contributed by atoms with E-state index in [0.29, 0.717) is 11.6 Å². The number of carbonyl (C=O) groups is 2. The topological polar surface area (TPSA) is 57.6 Å². The molecule has 1 aromatic carbocycles. The van der Waals surface area contributed by atoms with Crippen LogP contribution in [0.1, 0.15) is 37.3 Å². The van der Waals surface area contributed by atoms with E-state index in [9.17, 15) is 9.59 Å². The van der Waals surface area contributed by atoms with Gasteiger partial charge in [-0.2, -0.15) is 0 Å². The number of likely N-dealkylation sites (tertiary alicyclic amines) is 1. The Morgan fingerprint density at radius 1 is 1.40 bits per heavy atom. The summed E-state index contributed by atoms with van der Waals surface area (Å²) >= 11 is 9.60. The molecule has 0 aromatic heterocycles. The molecule has 1 heterocycles. The summed E-state index contributed by atoms with van der Waals surface area (Å²) in [7, 11) is 0. The van der Waals surface area contributed by atoms with Crippen molar-refractivity contribution in [3.05, 3.63) is 33.3 Å². The monoisotopic (exact) mass is 359 g/mol. The van der Waals surface area contributed by atoms with Crippen molar-refractivity contribution >= 4 is 39.4 Å². The molecule has 0 bridgehead atoms. The van der Waals surface area contributed by atoms with Crippen LogP contribution in [0.2, 0.25) is 5.02 Å². The van der Waals surface area contributed by atoms with Crippen molar-refractivity contribution < 1.29 is 14.7 Å². The van der Waals surface area contributed by atoms with Crippen molar-refractivity contribution in [2.24, 2.45) is 0 Å². The Morgan fingerprint density at radius 2 is 2.15 bits per heavy atom. The molecule has 0 aliphatic carbocycles. The van der Waals surface area contributed by atoms with Gasteiger partial charge in [0, 0.05) is 22.5 Å². The normalized spacial score (nSPS) is 18.3. The molecule has 1 unspecified atom stereocenters. The lowest BCUT2D eigenvalue weighted by Gasteiger charge is -2.25. The second-order valence-electron chi connectivity index (χ2n) is 4.80. The lowest BCUT2D eigenvalue weighted by atomic mass is 10.0. The summed E-state index contributed by atoms with van der Waals surface area (Å²) in [5, 5.41) is 9.29. The molecule has 1 N–H and O–H groups in total. The number of benzene rings is 1. The van der Waals surface area contributed by atoms with Crippen molar-refractivity contribution in [3.63, 3.8) is 0 Å². The number of carbonyl (C=O) groups excluding carboxylic acids is 1. The lowest BCUT2D eigenvalue weighted by Crippen LogP contribution is -2.30. The molecule has 1 aliphatic heterocycles. The second-order valence-corrected chi connectivity index (χ2v) is 6.13. The Kier molecular flexibility index (Phi) is 5.05. The van der Waals surface area contributed by atoms with Gasteiger partial charge in [-0.1, -0.05) is 33.6 Å². The molecule has 1 saturated heterocycles. The van der Waals surface area contributed by atoms with Gasteiger partial charge < -0.3 is 10.0 Å². The van der Waals surface area contributed by atoms with Gasteiger partial charge in [-0.25, -0.2) is 0 Å². The van der Waals surface area contributed by atoms with Gasteiger partial charge in [-0.3, -0.25) is 9.59 Å². The van der Waals surface area contributed by atoms with Crippen LogP contribution in [0.15, 0.2) is 22.7 Å². The van der Waals surface area contributed by atoms with E-state index in [0.717, 1.165) is 22.9 Å². The first kappa shape index (κ1) is 15.3. The highest BCUT2D eigenvalue weighted by atomic mass is 79.9. The molecule has 1 aromatic rings. The number of carboxylic acid groups (broad SMARTS) is 1. The predicted molar refractivity (Wildman–Crippen MR) is 79.7 cm³/mol. The van der Waals surface area contributed by atoms with Gasteiger partial charge in [-0.15, -0.1) is 0 Å². The second kappa shape index (κ2) is 6.59. The van der Waals surface area contributed by atoms with Crippen LogP contribution in [0.3, 0.4) is 0 Å². The minimum atomic E-state index is -0.948. The Morgan fingerprint density at radius 3 is 2.80 bits per heavy atom. The molecule has 1 fully saturated rings. The highest BCUT2D eigenvalue weighted by Gasteiger charge is 2.31. The quantitative estimate of drug-likeness (QED) is 0.892. The molecule has 0 saturated carbocycles. The molecule has 0 radical (unpaired) electrons. The molecular weight excluding hydrogens is 346 g/mol. The summed E-state index contributed by atoms with van der Waals surface area (Å²) in [4.78, 5) is 24.4. The molecule has 0 spiro atoms. The fraction of sp³-hybridized carbons (Fsp3) is 0.429. The number of nitrogens with zero attached hydrogens (tertiary/aromatic N) is 1. The molecule has 1 atom stereocenters. The van der Waals surface area contributed by atoms with Crippen LogP contribution in [0, 0.1) is 0 Å².